The molecule has 14 heteroatoms. The van der Waals surface area contributed by atoms with E-state index in [4.69, 9.17) is 0 Å². The minimum Gasteiger partial charge on any atom is -0.320 e. The number of carbonyl (C=O) groups is 1. The molecule has 0 unspecified atom stereocenters. The van der Waals surface area contributed by atoms with Gasteiger partial charge in [-0.15, -0.1) is 0 Å². The largest absolute Gasteiger partial charge is 0.442 e. The second-order valence-electron chi connectivity index (χ2n) is 6.30. The Hall–Kier alpha value is -3.29. The zero-order chi connectivity index (χ0) is 23.8. The predicted molar refractivity (Wildman–Crippen MR) is 96.2 cm³/mol. The van der Waals surface area contributed by atoms with Crippen LogP contribution in [0.15, 0.2) is 38.6 Å². The number of hydrogen-bond acceptors (Lipinski definition) is 4. The van der Waals surface area contributed by atoms with Gasteiger partial charge in [0.2, 0.25) is 11.6 Å². The van der Waals surface area contributed by atoms with E-state index in [1.807, 2.05) is 6.92 Å². The van der Waals surface area contributed by atoms with Crippen LogP contribution in [0.4, 0.5) is 36.4 Å². The van der Waals surface area contributed by atoms with Crippen LogP contribution in [-0.4, -0.2) is 16.9 Å². The number of H-pyrrole nitrogens is 1. The maximum absolute atomic E-state index is 13.9. The number of aromatic nitrogens is 2. The van der Waals surface area contributed by atoms with Crippen molar-refractivity contribution in [3.8, 4) is 5.69 Å². The lowest BCUT2D eigenvalue weighted by Gasteiger charge is -2.14. The number of aryl methyl sites for hydroxylation is 1. The van der Waals surface area contributed by atoms with Gasteiger partial charge >= 0.3 is 16.8 Å². The summed E-state index contributed by atoms with van der Waals surface area (Å²) in [6.07, 6.45) is -5.71. The van der Waals surface area contributed by atoms with Gasteiger partial charge in [0.05, 0.1) is 5.75 Å². The molecule has 1 heterocycles. The summed E-state index contributed by atoms with van der Waals surface area (Å²) in [5, 5.41) is 3.61. The van der Waals surface area contributed by atoms with Crippen molar-refractivity contribution in [1.82, 2.24) is 5.27 Å². The van der Waals surface area contributed by atoms with Gasteiger partial charge in [0.15, 0.2) is 23.3 Å². The Balaban J connectivity index is 1.82. The lowest BCUT2D eigenvalue weighted by atomic mass is 10.1. The third-order valence-electron chi connectivity index (χ3n) is 4.05. The van der Waals surface area contributed by atoms with E-state index in [0.29, 0.717) is 17.4 Å². The topological polar surface area (TPSA) is 79.0 Å². The molecule has 0 saturated carbocycles. The number of hydrogen-bond donors (Lipinski definition) is 2. The molecule has 0 bridgehead atoms. The van der Waals surface area contributed by atoms with Crippen molar-refractivity contribution in [2.75, 3.05) is 11.1 Å². The zero-order valence-electron chi connectivity index (χ0n) is 15.7. The second-order valence-corrected chi connectivity index (χ2v) is 7.26. The van der Waals surface area contributed by atoms with E-state index in [2.05, 4.69) is 9.79 Å². The second kappa shape index (κ2) is 8.68. The number of benzene rings is 2. The lowest BCUT2D eigenvalue weighted by molar-refractivity contribution is -0.704. The highest BCUT2D eigenvalue weighted by atomic mass is 32.2. The maximum Gasteiger partial charge on any atom is 0.442 e. The third-order valence-corrected chi connectivity index (χ3v) is 5.08. The molecule has 3 aromatic rings. The summed E-state index contributed by atoms with van der Waals surface area (Å²) >= 11 is 0.535. The zero-order valence-corrected chi connectivity index (χ0v) is 16.6. The summed E-state index contributed by atoms with van der Waals surface area (Å²) in [6.45, 7) is 1.82. The van der Waals surface area contributed by atoms with E-state index < -0.39 is 58.0 Å². The minimum absolute atomic E-state index is 0.158. The van der Waals surface area contributed by atoms with Gasteiger partial charge in [-0.05, 0) is 28.6 Å². The van der Waals surface area contributed by atoms with Crippen molar-refractivity contribution in [2.45, 2.75) is 18.1 Å². The molecule has 1 aromatic heterocycles. The van der Waals surface area contributed by atoms with Gasteiger partial charge in [-0.3, -0.25) is 9.32 Å². The van der Waals surface area contributed by atoms with Gasteiger partial charge < -0.3 is 5.32 Å². The molecular weight excluding hydrogens is 471 g/mol. The number of rotatable bonds is 5. The number of anilines is 1. The van der Waals surface area contributed by atoms with Gasteiger partial charge in [-0.2, -0.15) is 13.2 Å². The molecule has 2 aromatic carbocycles. The Morgan fingerprint density at radius 3 is 2.16 bits per heavy atom. The number of nitrogens with zero attached hydrogens (tertiary/aromatic N) is 1. The van der Waals surface area contributed by atoms with E-state index in [-0.39, 0.29) is 5.03 Å². The monoisotopic (exact) mass is 482 g/mol. The molecule has 32 heavy (non-hydrogen) atoms. The molecule has 0 saturated heterocycles. The fraction of sp³-hybridized carbons (Fsp3) is 0.167. The van der Waals surface area contributed by atoms with Crippen LogP contribution < -0.4 is 15.6 Å². The minimum atomic E-state index is -5.71. The van der Waals surface area contributed by atoms with Gasteiger partial charge in [-0.1, -0.05) is 17.7 Å². The molecule has 0 aliphatic carbocycles. The number of aromatic amines is 1. The first-order chi connectivity index (χ1) is 14.9. The molecule has 0 radical (unpaired) electrons. The van der Waals surface area contributed by atoms with E-state index in [1.54, 1.807) is 24.3 Å². The molecule has 3 rings (SSSR count). The Morgan fingerprint density at radius 2 is 1.62 bits per heavy atom. The predicted octanol–water partition coefficient (Wildman–Crippen LogP) is 3.86. The summed E-state index contributed by atoms with van der Waals surface area (Å²) in [5.41, 5.74) is -4.04. The van der Waals surface area contributed by atoms with Gasteiger partial charge in [0, 0.05) is 12.1 Å². The number of halogens is 7. The summed E-state index contributed by atoms with van der Waals surface area (Å²) in [4.78, 5) is 23.9. The first kappa shape index (κ1) is 23.4. The number of nitrogens with one attached hydrogen (secondary N) is 2. The molecule has 0 atom stereocenters. The normalized spacial score (nSPS) is 11.6. The first-order valence-corrected chi connectivity index (χ1v) is 9.46. The van der Waals surface area contributed by atoms with Crippen LogP contribution >= 0.6 is 11.8 Å². The van der Waals surface area contributed by atoms with E-state index in [1.165, 1.54) is 10.00 Å². The number of amides is 1. The third kappa shape index (κ3) is 4.49. The fourth-order valence-electron chi connectivity index (χ4n) is 2.55. The van der Waals surface area contributed by atoms with Crippen LogP contribution in [0, 0.1) is 30.2 Å². The van der Waals surface area contributed by atoms with Crippen LogP contribution in [0.3, 0.4) is 0 Å². The Bertz CT molecular complexity index is 1210. The summed E-state index contributed by atoms with van der Waals surface area (Å²) in [6, 6.07) is 6.66. The maximum atomic E-state index is 13.9. The Labute approximate surface area is 178 Å². The summed E-state index contributed by atoms with van der Waals surface area (Å²) in [7, 11) is 0. The van der Waals surface area contributed by atoms with Crippen LogP contribution in [0.1, 0.15) is 11.1 Å². The lowest BCUT2D eigenvalue weighted by Crippen LogP contribution is -2.36. The van der Waals surface area contributed by atoms with Gasteiger partial charge in [0.25, 0.3) is 0 Å². The van der Waals surface area contributed by atoms with Crippen LogP contribution in [-0.2, 0) is 11.0 Å². The molecule has 0 fully saturated rings. The Morgan fingerprint density at radius 1 is 1.06 bits per heavy atom. The van der Waals surface area contributed by atoms with Crippen molar-refractivity contribution in [3.05, 3.63) is 69.1 Å². The average Bonchev–Trinajstić information content (AvgIpc) is 3.08. The fourth-order valence-corrected chi connectivity index (χ4v) is 3.32. The van der Waals surface area contributed by atoms with Crippen LogP contribution in [0.2, 0.25) is 0 Å². The van der Waals surface area contributed by atoms with Crippen molar-refractivity contribution in [2.24, 2.45) is 0 Å². The highest BCUT2D eigenvalue weighted by molar-refractivity contribution is 7.99. The highest BCUT2D eigenvalue weighted by Gasteiger charge is 2.42. The average molecular weight is 482 g/mol. The molecule has 2 N–H and O–H groups in total. The highest BCUT2D eigenvalue weighted by Crippen LogP contribution is 2.38. The number of alkyl halides is 3. The van der Waals surface area contributed by atoms with Gasteiger partial charge in [-0.25, -0.2) is 22.4 Å². The molecule has 0 aliphatic heterocycles. The standard InChI is InChI=1S/C18H10F7N3O3S/c1-7-2-4-8(5-3-7)28-16(17(30)31-27-28)32-6-9(29)26-15-13(21)11(19)10(18(23,24)25)12(20)14(15)22/h2-5H,6H2,1H3,(H-,26,27,29,30)/p+1. The van der Waals surface area contributed by atoms with E-state index in [0.717, 1.165) is 5.56 Å². The van der Waals surface area contributed by atoms with E-state index >= 15 is 0 Å². The quantitative estimate of drug-likeness (QED) is 0.251. The van der Waals surface area contributed by atoms with Crippen LogP contribution in [0.5, 0.6) is 0 Å². The van der Waals surface area contributed by atoms with Crippen molar-refractivity contribution in [1.29, 1.82) is 0 Å². The smallest absolute Gasteiger partial charge is 0.320 e. The van der Waals surface area contributed by atoms with Crippen molar-refractivity contribution < 1.29 is 44.7 Å². The number of carbonyl (C=O) groups excluding carboxylic acids is 1. The molecule has 170 valence electrons. The molecule has 0 spiro atoms. The molecule has 1 amide bonds. The van der Waals surface area contributed by atoms with Gasteiger partial charge in [0.1, 0.15) is 11.3 Å². The number of thioether (sulfide) groups is 1. The molecule has 6 nitrogen and oxygen atoms in total. The summed E-state index contributed by atoms with van der Waals surface area (Å²) in [5.74, 6) is -12.2. The SMILES string of the molecule is Cc1ccc(-[n+]2[nH]oc(=O)c2SCC(=O)Nc2c(F)c(F)c(C(F)(F)F)c(F)c2F)cc1. The summed E-state index contributed by atoms with van der Waals surface area (Å²) < 4.78 is 98.9. The molecular formula is C18H11F7N3O3S+. The first-order valence-electron chi connectivity index (χ1n) is 8.48. The van der Waals surface area contributed by atoms with Crippen molar-refractivity contribution in [3.63, 3.8) is 0 Å². The Kier molecular flexibility index (Phi) is 6.34. The molecule has 0 aliphatic rings. The van der Waals surface area contributed by atoms with E-state index in [9.17, 15) is 40.3 Å². The van der Waals surface area contributed by atoms with Crippen LogP contribution in [0.25, 0.3) is 5.69 Å². The van der Waals surface area contributed by atoms with Crippen molar-refractivity contribution >= 4 is 23.4 Å².